The van der Waals surface area contributed by atoms with Crippen LogP contribution in [0.5, 0.6) is 0 Å². The van der Waals surface area contributed by atoms with Gasteiger partial charge in [-0.15, -0.1) is 0 Å². The van der Waals surface area contributed by atoms with Crippen molar-refractivity contribution in [2.45, 2.75) is 25.9 Å². The quantitative estimate of drug-likeness (QED) is 0.400. The Kier molecular flexibility index (Phi) is 7.89. The molecule has 0 saturated heterocycles. The third-order valence-corrected chi connectivity index (χ3v) is 1.62. The maximum absolute atomic E-state index is 11.3. The van der Waals surface area contributed by atoms with Crippen molar-refractivity contribution < 1.29 is 24.9 Å². The van der Waals surface area contributed by atoms with Crippen LogP contribution in [0.4, 0.5) is 0 Å². The third-order valence-electron chi connectivity index (χ3n) is 1.62. The van der Waals surface area contributed by atoms with Crippen molar-refractivity contribution in [1.29, 1.82) is 0 Å². The van der Waals surface area contributed by atoms with Crippen LogP contribution in [0.3, 0.4) is 0 Å². The molecule has 0 aliphatic heterocycles. The second kappa shape index (κ2) is 8.40. The molecular weight excluding hydrogens is 200 g/mol. The second-order valence-electron chi connectivity index (χ2n) is 3.16. The van der Waals surface area contributed by atoms with Gasteiger partial charge in [0.25, 0.3) is 0 Å². The Balaban J connectivity index is 4.16. The van der Waals surface area contributed by atoms with Crippen LogP contribution in [0.2, 0.25) is 0 Å². The third kappa shape index (κ3) is 7.07. The molecule has 0 fully saturated rings. The molecule has 0 amide bonds. The number of aliphatic hydroxyl groups excluding tert-OH is 3. The van der Waals surface area contributed by atoms with Gasteiger partial charge in [-0.05, 0) is 13.3 Å². The first-order valence-corrected chi connectivity index (χ1v) is 4.87. The number of hydrogen-bond acceptors (Lipinski definition) is 5. The zero-order valence-electron chi connectivity index (χ0n) is 8.85. The van der Waals surface area contributed by atoms with Gasteiger partial charge in [0.2, 0.25) is 0 Å². The summed E-state index contributed by atoms with van der Waals surface area (Å²) in [6.07, 6.45) is 1.36. The zero-order valence-corrected chi connectivity index (χ0v) is 8.85. The predicted molar refractivity (Wildman–Crippen MR) is 54.1 cm³/mol. The molecule has 0 aromatic carbocycles. The van der Waals surface area contributed by atoms with Crippen LogP contribution in [0.15, 0.2) is 11.6 Å². The predicted octanol–water partition coefficient (Wildman–Crippen LogP) is -0.398. The number of carbonyl (C=O) groups excluding carboxylic acids is 1. The van der Waals surface area contributed by atoms with E-state index >= 15 is 0 Å². The Hall–Kier alpha value is -0.910. The van der Waals surface area contributed by atoms with Gasteiger partial charge in [0.15, 0.2) is 0 Å². The molecule has 0 heterocycles. The number of rotatable bonds is 7. The topological polar surface area (TPSA) is 87.0 Å². The fraction of sp³-hybridized carbons (Fsp3) is 0.700. The smallest absolute Gasteiger partial charge is 0.333 e. The lowest BCUT2D eigenvalue weighted by atomic mass is 10.1. The highest BCUT2D eigenvalue weighted by atomic mass is 16.5. The van der Waals surface area contributed by atoms with E-state index in [9.17, 15) is 4.79 Å². The summed E-state index contributed by atoms with van der Waals surface area (Å²) < 4.78 is 4.77. The molecule has 0 saturated carbocycles. The molecule has 1 atom stereocenters. The number of esters is 1. The minimum atomic E-state index is -0.706. The molecule has 15 heavy (non-hydrogen) atoms. The summed E-state index contributed by atoms with van der Waals surface area (Å²) in [7, 11) is 0. The maximum Gasteiger partial charge on any atom is 0.333 e. The van der Waals surface area contributed by atoms with E-state index in [1.807, 2.05) is 0 Å². The fourth-order valence-corrected chi connectivity index (χ4v) is 0.936. The summed E-state index contributed by atoms with van der Waals surface area (Å²) in [5.41, 5.74) is 0.326. The molecule has 5 nitrogen and oxygen atoms in total. The fourth-order valence-electron chi connectivity index (χ4n) is 0.936. The first-order valence-electron chi connectivity index (χ1n) is 4.87. The van der Waals surface area contributed by atoms with E-state index in [0.717, 1.165) is 0 Å². The molecular formula is C10H18O5. The van der Waals surface area contributed by atoms with Crippen LogP contribution in [0.1, 0.15) is 19.8 Å². The first-order chi connectivity index (χ1) is 7.11. The molecule has 0 bridgehead atoms. The number of aliphatic hydroxyl groups is 3. The van der Waals surface area contributed by atoms with Crippen molar-refractivity contribution in [1.82, 2.24) is 0 Å². The Morgan fingerprint density at radius 1 is 1.40 bits per heavy atom. The van der Waals surface area contributed by atoms with Gasteiger partial charge in [-0.25, -0.2) is 4.79 Å². The van der Waals surface area contributed by atoms with E-state index < -0.39 is 12.1 Å². The molecule has 88 valence electrons. The highest BCUT2D eigenvalue weighted by molar-refractivity contribution is 5.88. The van der Waals surface area contributed by atoms with E-state index in [1.54, 1.807) is 0 Å². The van der Waals surface area contributed by atoms with Crippen LogP contribution in [-0.2, 0) is 9.53 Å². The number of hydrogen-bond donors (Lipinski definition) is 3. The van der Waals surface area contributed by atoms with Crippen molar-refractivity contribution in [3.8, 4) is 0 Å². The van der Waals surface area contributed by atoms with Crippen molar-refractivity contribution in [3.05, 3.63) is 11.6 Å². The number of ether oxygens (including phenoxy) is 1. The summed E-state index contributed by atoms with van der Waals surface area (Å²) in [4.78, 5) is 11.3. The second-order valence-corrected chi connectivity index (χ2v) is 3.16. The molecule has 5 heteroatoms. The van der Waals surface area contributed by atoms with E-state index in [0.29, 0.717) is 12.0 Å². The molecule has 0 aromatic rings. The standard InChI is InChI=1S/C10H18O5/c1-8(13)7-15-10(14)9(4-6-12)3-2-5-11/h3,8,11-13H,2,4-7H2,1H3. The lowest BCUT2D eigenvalue weighted by Gasteiger charge is -2.08. The van der Waals surface area contributed by atoms with Crippen LogP contribution >= 0.6 is 0 Å². The Bertz CT molecular complexity index is 210. The molecule has 1 unspecified atom stereocenters. The molecule has 0 aromatic heterocycles. The van der Waals surface area contributed by atoms with Crippen molar-refractivity contribution in [3.63, 3.8) is 0 Å². The van der Waals surface area contributed by atoms with E-state index in [4.69, 9.17) is 20.1 Å². The van der Waals surface area contributed by atoms with E-state index in [2.05, 4.69) is 0 Å². The van der Waals surface area contributed by atoms with E-state index in [-0.39, 0.29) is 26.2 Å². The molecule has 0 spiro atoms. The highest BCUT2D eigenvalue weighted by Gasteiger charge is 2.11. The van der Waals surface area contributed by atoms with Gasteiger partial charge in [-0.2, -0.15) is 0 Å². The summed E-state index contributed by atoms with van der Waals surface area (Å²) in [6.45, 7) is 1.23. The Morgan fingerprint density at radius 3 is 2.53 bits per heavy atom. The summed E-state index contributed by atoms with van der Waals surface area (Å²) >= 11 is 0. The van der Waals surface area contributed by atoms with Gasteiger partial charge in [-0.3, -0.25) is 0 Å². The lowest BCUT2D eigenvalue weighted by Crippen LogP contribution is -2.17. The van der Waals surface area contributed by atoms with Crippen LogP contribution in [0, 0.1) is 0 Å². The summed E-state index contributed by atoms with van der Waals surface area (Å²) in [6, 6.07) is 0. The van der Waals surface area contributed by atoms with Crippen molar-refractivity contribution in [2.24, 2.45) is 0 Å². The largest absolute Gasteiger partial charge is 0.460 e. The summed E-state index contributed by atoms with van der Waals surface area (Å²) in [5.74, 6) is -0.557. The first kappa shape index (κ1) is 14.1. The van der Waals surface area contributed by atoms with Gasteiger partial charge in [0.05, 0.1) is 6.10 Å². The maximum atomic E-state index is 11.3. The highest BCUT2D eigenvalue weighted by Crippen LogP contribution is 2.05. The van der Waals surface area contributed by atoms with Crippen LogP contribution in [-0.4, -0.2) is 47.2 Å². The SMILES string of the molecule is CC(O)COC(=O)C(=CCCO)CCO. The van der Waals surface area contributed by atoms with Crippen LogP contribution < -0.4 is 0 Å². The molecule has 0 aliphatic rings. The summed E-state index contributed by atoms with van der Waals surface area (Å²) in [5, 5.41) is 26.2. The average Bonchev–Trinajstić information content (AvgIpc) is 2.20. The average molecular weight is 218 g/mol. The Labute approximate surface area is 89.0 Å². The zero-order chi connectivity index (χ0) is 11.7. The monoisotopic (exact) mass is 218 g/mol. The van der Waals surface area contributed by atoms with Crippen molar-refractivity contribution in [2.75, 3.05) is 19.8 Å². The Morgan fingerprint density at radius 2 is 2.07 bits per heavy atom. The van der Waals surface area contributed by atoms with Gasteiger partial charge < -0.3 is 20.1 Å². The van der Waals surface area contributed by atoms with Crippen LogP contribution in [0.25, 0.3) is 0 Å². The van der Waals surface area contributed by atoms with Gasteiger partial charge in [0.1, 0.15) is 6.61 Å². The number of carbonyl (C=O) groups is 1. The van der Waals surface area contributed by atoms with Gasteiger partial charge in [-0.1, -0.05) is 6.08 Å². The molecule has 0 aliphatic carbocycles. The van der Waals surface area contributed by atoms with Gasteiger partial charge >= 0.3 is 5.97 Å². The normalized spacial score (nSPS) is 13.7. The van der Waals surface area contributed by atoms with Crippen molar-refractivity contribution >= 4 is 5.97 Å². The lowest BCUT2D eigenvalue weighted by molar-refractivity contribution is -0.141. The molecule has 3 N–H and O–H groups in total. The minimum Gasteiger partial charge on any atom is -0.460 e. The van der Waals surface area contributed by atoms with Gasteiger partial charge in [0, 0.05) is 25.2 Å². The van der Waals surface area contributed by atoms with E-state index in [1.165, 1.54) is 13.0 Å². The molecule has 0 radical (unpaired) electrons. The minimum absolute atomic E-state index is 0.0569. The molecule has 0 rings (SSSR count).